The van der Waals surface area contributed by atoms with E-state index >= 15 is 0 Å². The van der Waals surface area contributed by atoms with Gasteiger partial charge in [-0.05, 0) is 20.3 Å². The summed E-state index contributed by atoms with van der Waals surface area (Å²) >= 11 is 0. The van der Waals surface area contributed by atoms with Gasteiger partial charge < -0.3 is 9.32 Å². The Morgan fingerprint density at radius 2 is 2.12 bits per heavy atom. The summed E-state index contributed by atoms with van der Waals surface area (Å²) in [4.78, 5) is 9.93. The van der Waals surface area contributed by atoms with Gasteiger partial charge in [0.25, 0.3) is 0 Å². The molecular weight excluding hydrogens is 123 g/mol. The maximum Gasteiger partial charge on any atom is 0.148 e. The van der Waals surface area contributed by atoms with Crippen molar-refractivity contribution in [3.63, 3.8) is 0 Å². The molecule has 0 N–H and O–H groups in total. The van der Waals surface area contributed by atoms with Crippen molar-refractivity contribution >= 4 is 14.4 Å². The number of rotatable bonds is 3. The first-order chi connectivity index (χ1) is 3.66. The summed E-state index contributed by atoms with van der Waals surface area (Å²) in [6, 6.07) is 0. The van der Waals surface area contributed by atoms with Gasteiger partial charge in [-0.25, -0.2) is 0 Å². The molecule has 3 heteroatoms. The van der Waals surface area contributed by atoms with Crippen LogP contribution in [0.2, 0.25) is 0 Å². The maximum absolute atomic E-state index is 9.93. The lowest BCUT2D eigenvalue weighted by atomic mass is 10.5. The van der Waals surface area contributed by atoms with Crippen molar-refractivity contribution in [2.75, 3.05) is 13.3 Å². The average Bonchev–Trinajstić information content (AvgIpc) is 1.65. The number of hydrogen-bond acceptors (Lipinski definition) is 2. The highest BCUT2D eigenvalue weighted by molar-refractivity contribution is 7.50. The third-order valence-electron chi connectivity index (χ3n) is 0.569. The molecule has 48 valence electrons. The second-order valence-corrected chi connectivity index (χ2v) is 3.59. The molecule has 0 aliphatic carbocycles. The molecule has 0 spiro atoms. The molecule has 0 aromatic carbocycles. The quantitative estimate of drug-likeness (QED) is 0.429. The van der Waals surface area contributed by atoms with Crippen molar-refractivity contribution in [1.82, 2.24) is 0 Å². The van der Waals surface area contributed by atoms with Gasteiger partial charge in [-0.1, -0.05) is 0 Å². The van der Waals surface area contributed by atoms with Gasteiger partial charge in [-0.3, -0.25) is 0 Å². The molecule has 0 radical (unpaired) electrons. The molecule has 0 aromatic rings. The summed E-state index contributed by atoms with van der Waals surface area (Å²) in [5.41, 5.74) is 0. The van der Waals surface area contributed by atoms with Gasteiger partial charge in [-0.2, -0.15) is 0 Å². The predicted molar refractivity (Wildman–Crippen MR) is 35.4 cm³/mol. The Kier molecular flexibility index (Phi) is 4.02. The third-order valence-corrected chi connectivity index (χ3v) is 1.32. The predicted octanol–water partition coefficient (Wildman–Crippen LogP) is 1.25. The number of hydrogen-bond donors (Lipinski definition) is 0. The topological polar surface area (TPSA) is 26.3 Å². The summed E-state index contributed by atoms with van der Waals surface area (Å²) in [6.45, 7) is 5.68. The van der Waals surface area contributed by atoms with Crippen LogP contribution in [0.4, 0.5) is 0 Å². The highest BCUT2D eigenvalue weighted by Gasteiger charge is 1.99. The molecule has 0 bridgehead atoms. The van der Waals surface area contributed by atoms with Crippen molar-refractivity contribution in [1.29, 1.82) is 0 Å². The van der Waals surface area contributed by atoms with Gasteiger partial charge in [0, 0.05) is 8.15 Å². The molecule has 0 aliphatic heterocycles. The molecule has 1 atom stereocenters. The highest BCUT2D eigenvalue weighted by atomic mass is 31.1. The third kappa shape index (κ3) is 4.23. The zero-order chi connectivity index (χ0) is 6.57. The lowest BCUT2D eigenvalue weighted by Gasteiger charge is -2.08. The zero-order valence-electron chi connectivity index (χ0n) is 5.42. The lowest BCUT2D eigenvalue weighted by molar-refractivity contribution is -0.112. The Balaban J connectivity index is 3.23. The fourth-order valence-electron chi connectivity index (χ4n) is 0.357. The van der Waals surface area contributed by atoms with E-state index in [4.69, 9.17) is 4.52 Å². The minimum absolute atomic E-state index is 0.226. The Hall–Kier alpha value is 0.0600. The van der Waals surface area contributed by atoms with Crippen molar-refractivity contribution in [2.45, 2.75) is 13.0 Å². The molecule has 0 aromatic heterocycles. The van der Waals surface area contributed by atoms with Crippen molar-refractivity contribution in [3.8, 4) is 0 Å². The lowest BCUT2D eigenvalue weighted by Crippen LogP contribution is -2.04. The van der Waals surface area contributed by atoms with Crippen LogP contribution in [0.5, 0.6) is 0 Å². The summed E-state index contributed by atoms with van der Waals surface area (Å²) in [5, 5.41) is 0. The smallest absolute Gasteiger partial charge is 0.148 e. The Morgan fingerprint density at radius 1 is 1.62 bits per heavy atom. The van der Waals surface area contributed by atoms with Crippen LogP contribution in [-0.4, -0.2) is 25.7 Å². The average molecular weight is 134 g/mol. The summed E-state index contributed by atoms with van der Waals surface area (Å²) in [5.74, 6) is 0. The maximum atomic E-state index is 9.93. The second kappa shape index (κ2) is 3.99. The molecule has 0 saturated heterocycles. The van der Waals surface area contributed by atoms with Gasteiger partial charge in [-0.15, -0.1) is 0 Å². The Labute approximate surface area is 51.1 Å². The van der Waals surface area contributed by atoms with Gasteiger partial charge in [0.1, 0.15) is 12.4 Å². The first-order valence-corrected chi connectivity index (χ1v) is 4.61. The molecule has 0 aliphatic rings. The van der Waals surface area contributed by atoms with Crippen LogP contribution < -0.4 is 0 Å². The zero-order valence-corrected chi connectivity index (χ0v) is 6.31. The van der Waals surface area contributed by atoms with E-state index in [1.54, 1.807) is 6.92 Å². The normalized spacial score (nSPS) is 14.0. The summed E-state index contributed by atoms with van der Waals surface area (Å²) < 4.78 is 5.10. The van der Waals surface area contributed by atoms with Crippen LogP contribution >= 0.6 is 8.15 Å². The largest absolute Gasteiger partial charge is 0.349 e. The van der Waals surface area contributed by atoms with E-state index in [0.29, 0.717) is 0 Å². The fraction of sp³-hybridized carbons (Fsp3) is 0.800. The van der Waals surface area contributed by atoms with E-state index in [9.17, 15) is 4.79 Å². The van der Waals surface area contributed by atoms with Crippen LogP contribution in [0.1, 0.15) is 6.92 Å². The minimum Gasteiger partial charge on any atom is -0.349 e. The van der Waals surface area contributed by atoms with Crippen LogP contribution in [0, 0.1) is 0 Å². The minimum atomic E-state index is -0.377. The summed E-state index contributed by atoms with van der Waals surface area (Å²) in [6.07, 6.45) is 0.582. The first-order valence-electron chi connectivity index (χ1n) is 2.46. The SMILES string of the molecule is CC(C=O)OP(C)C. The van der Waals surface area contributed by atoms with Gasteiger partial charge in [0.05, 0.1) is 0 Å². The van der Waals surface area contributed by atoms with Gasteiger partial charge >= 0.3 is 0 Å². The Morgan fingerprint density at radius 3 is 2.25 bits per heavy atom. The van der Waals surface area contributed by atoms with E-state index in [2.05, 4.69) is 0 Å². The standard InChI is InChI=1S/C5H11O2P/c1-5(4-6)7-8(2)3/h4-5H,1-3H3. The van der Waals surface area contributed by atoms with Gasteiger partial charge in [0.15, 0.2) is 0 Å². The van der Waals surface area contributed by atoms with Crippen molar-refractivity contribution < 1.29 is 9.32 Å². The fourth-order valence-corrected chi connectivity index (χ4v) is 1.07. The van der Waals surface area contributed by atoms with E-state index in [1.165, 1.54) is 0 Å². The molecule has 0 saturated carbocycles. The molecule has 0 heterocycles. The van der Waals surface area contributed by atoms with E-state index in [0.717, 1.165) is 6.29 Å². The molecule has 0 fully saturated rings. The molecular formula is C5H11O2P. The first kappa shape index (κ1) is 8.06. The van der Waals surface area contributed by atoms with Crippen LogP contribution in [0.25, 0.3) is 0 Å². The van der Waals surface area contributed by atoms with Crippen LogP contribution in [0.15, 0.2) is 0 Å². The number of aldehydes is 1. The molecule has 0 amide bonds. The van der Waals surface area contributed by atoms with E-state index in [-0.39, 0.29) is 14.3 Å². The summed E-state index contributed by atoms with van der Waals surface area (Å²) in [7, 11) is -0.377. The number of carbonyl (C=O) groups excluding carboxylic acids is 1. The van der Waals surface area contributed by atoms with Crippen molar-refractivity contribution in [3.05, 3.63) is 0 Å². The molecule has 0 rings (SSSR count). The van der Waals surface area contributed by atoms with Gasteiger partial charge in [0.2, 0.25) is 0 Å². The Bertz CT molecular complexity index is 72.8. The van der Waals surface area contributed by atoms with E-state index < -0.39 is 0 Å². The molecule has 2 nitrogen and oxygen atoms in total. The van der Waals surface area contributed by atoms with E-state index in [1.807, 2.05) is 13.3 Å². The second-order valence-electron chi connectivity index (χ2n) is 1.76. The molecule has 1 unspecified atom stereocenters. The van der Waals surface area contributed by atoms with Crippen LogP contribution in [-0.2, 0) is 9.32 Å². The highest BCUT2D eigenvalue weighted by Crippen LogP contribution is 2.27. The molecule has 8 heavy (non-hydrogen) atoms. The number of carbonyl (C=O) groups is 1. The van der Waals surface area contributed by atoms with Crippen molar-refractivity contribution in [2.24, 2.45) is 0 Å². The van der Waals surface area contributed by atoms with Crippen LogP contribution in [0.3, 0.4) is 0 Å². The monoisotopic (exact) mass is 134 g/mol.